The largest absolute Gasteiger partial charge is 0.490 e. The number of nitrogen functional groups attached to an aromatic ring is 1. The lowest BCUT2D eigenvalue weighted by molar-refractivity contribution is -0.132. The zero-order valence-corrected chi connectivity index (χ0v) is 17.6. The molecule has 0 saturated heterocycles. The Morgan fingerprint density at radius 3 is 2.63 bits per heavy atom. The number of carbonyl (C=O) groups is 2. The van der Waals surface area contributed by atoms with Crippen LogP contribution in [0.5, 0.6) is 5.75 Å². The van der Waals surface area contributed by atoms with Crippen LogP contribution in [0.15, 0.2) is 18.2 Å². The van der Waals surface area contributed by atoms with Crippen LogP contribution >= 0.6 is 0 Å². The summed E-state index contributed by atoms with van der Waals surface area (Å²) in [6.45, 7) is 5.75. The number of anilines is 1. The Balaban J connectivity index is 1.70. The third kappa shape index (κ3) is 4.64. The van der Waals surface area contributed by atoms with E-state index in [0.717, 1.165) is 25.7 Å². The van der Waals surface area contributed by atoms with Gasteiger partial charge in [0.05, 0.1) is 28.4 Å². The lowest BCUT2D eigenvalue weighted by atomic mass is 9.92. The van der Waals surface area contributed by atoms with Crippen molar-refractivity contribution in [2.24, 2.45) is 0 Å². The van der Waals surface area contributed by atoms with Gasteiger partial charge in [-0.1, -0.05) is 6.07 Å². The number of carboxylic acid groups (broad SMARTS) is 1. The molecule has 2 aromatic rings. The first-order chi connectivity index (χ1) is 14.3. The normalized spacial score (nSPS) is 20.0. The molecule has 8 nitrogen and oxygen atoms in total. The molecule has 1 heterocycles. The Morgan fingerprint density at radius 2 is 2.00 bits per heavy atom. The number of nitrogens with one attached hydrogen (secondary N) is 1. The van der Waals surface area contributed by atoms with Crippen molar-refractivity contribution < 1.29 is 24.2 Å². The summed E-state index contributed by atoms with van der Waals surface area (Å²) in [6.07, 6.45) is 2.65. The molecule has 0 spiro atoms. The highest BCUT2D eigenvalue weighted by molar-refractivity contribution is 6.06. The molecule has 1 amide bonds. The molecule has 1 fully saturated rings. The molecule has 4 N–H and O–H groups in total. The van der Waals surface area contributed by atoms with Gasteiger partial charge in [0.15, 0.2) is 0 Å². The molecule has 1 saturated carbocycles. The predicted octanol–water partition coefficient (Wildman–Crippen LogP) is 3.05. The average molecular weight is 415 g/mol. The van der Waals surface area contributed by atoms with E-state index in [-0.39, 0.29) is 29.3 Å². The van der Waals surface area contributed by atoms with Gasteiger partial charge in [-0.05, 0) is 58.6 Å². The number of amides is 1. The van der Waals surface area contributed by atoms with Gasteiger partial charge in [-0.2, -0.15) is 0 Å². The van der Waals surface area contributed by atoms with Crippen molar-refractivity contribution in [1.29, 1.82) is 0 Å². The minimum atomic E-state index is -1.10. The molecule has 0 aliphatic heterocycles. The Bertz CT molecular complexity index is 938. The minimum absolute atomic E-state index is 0.00777. The molecule has 162 valence electrons. The number of ether oxygens (including phenoxy) is 2. The van der Waals surface area contributed by atoms with E-state index in [2.05, 4.69) is 10.3 Å². The van der Waals surface area contributed by atoms with E-state index < -0.39 is 12.1 Å². The Hall–Kier alpha value is -2.87. The third-order valence-electron chi connectivity index (χ3n) is 5.51. The van der Waals surface area contributed by atoms with Crippen molar-refractivity contribution >= 4 is 28.5 Å². The number of nitrogens with two attached hydrogens (primary N) is 1. The lowest BCUT2D eigenvalue weighted by Gasteiger charge is -2.30. The van der Waals surface area contributed by atoms with Crippen LogP contribution in [0.2, 0.25) is 0 Å². The van der Waals surface area contributed by atoms with E-state index in [4.69, 9.17) is 15.2 Å². The summed E-state index contributed by atoms with van der Waals surface area (Å²) in [5.41, 5.74) is 7.36. The van der Waals surface area contributed by atoms with Crippen molar-refractivity contribution in [3.05, 3.63) is 29.5 Å². The maximum atomic E-state index is 12.1. The van der Waals surface area contributed by atoms with Crippen LogP contribution in [-0.2, 0) is 9.53 Å². The van der Waals surface area contributed by atoms with Crippen LogP contribution in [0.4, 0.5) is 5.69 Å². The minimum Gasteiger partial charge on any atom is -0.490 e. The molecule has 1 unspecified atom stereocenters. The number of aromatic nitrogens is 1. The number of hydrogen-bond acceptors (Lipinski definition) is 6. The number of benzene rings is 1. The first kappa shape index (κ1) is 21.8. The SMILES string of the molecule is CCOC(C)C(=O)NC1CCC(Oc2cccc3nc(C)c(C(=O)O)c(N)c23)CC1. The topological polar surface area (TPSA) is 124 Å². The predicted molar refractivity (Wildman–Crippen MR) is 114 cm³/mol. The lowest BCUT2D eigenvalue weighted by Crippen LogP contribution is -2.44. The molecular formula is C22H29N3O5. The molecule has 8 heteroatoms. The van der Waals surface area contributed by atoms with Crippen LogP contribution in [-0.4, -0.2) is 46.8 Å². The standard InChI is InChI=1S/C22H29N3O5/c1-4-29-13(3)21(26)25-14-8-10-15(11-9-14)30-17-7-5-6-16-19(17)20(23)18(22(27)28)12(2)24-16/h5-7,13-15H,4,8-11H2,1-3H3,(H2,23,24)(H,25,26)(H,27,28). The highest BCUT2D eigenvalue weighted by Gasteiger charge is 2.26. The van der Waals surface area contributed by atoms with Crippen molar-refractivity contribution in [1.82, 2.24) is 10.3 Å². The smallest absolute Gasteiger partial charge is 0.339 e. The van der Waals surface area contributed by atoms with Gasteiger partial charge >= 0.3 is 5.97 Å². The summed E-state index contributed by atoms with van der Waals surface area (Å²) in [7, 11) is 0. The molecule has 1 aromatic heterocycles. The van der Waals surface area contributed by atoms with E-state index in [0.29, 0.717) is 29.0 Å². The quantitative estimate of drug-likeness (QED) is 0.635. The summed E-state index contributed by atoms with van der Waals surface area (Å²) in [5, 5.41) is 13.1. The second-order valence-electron chi connectivity index (χ2n) is 7.64. The molecule has 1 aliphatic rings. The average Bonchev–Trinajstić information content (AvgIpc) is 2.69. The fraction of sp³-hybridized carbons (Fsp3) is 0.500. The Kier molecular flexibility index (Phi) is 6.77. The van der Waals surface area contributed by atoms with Crippen LogP contribution in [0.3, 0.4) is 0 Å². The van der Waals surface area contributed by atoms with E-state index in [9.17, 15) is 14.7 Å². The van der Waals surface area contributed by atoms with Crippen molar-refractivity contribution in [2.45, 2.75) is 64.7 Å². The fourth-order valence-electron chi connectivity index (χ4n) is 3.96. The maximum Gasteiger partial charge on any atom is 0.339 e. The van der Waals surface area contributed by atoms with Gasteiger partial charge in [0.25, 0.3) is 0 Å². The van der Waals surface area contributed by atoms with Crippen LogP contribution in [0, 0.1) is 6.92 Å². The summed E-state index contributed by atoms with van der Waals surface area (Å²) < 4.78 is 11.5. The van der Waals surface area contributed by atoms with Gasteiger partial charge in [-0.3, -0.25) is 9.78 Å². The molecule has 1 aliphatic carbocycles. The third-order valence-corrected chi connectivity index (χ3v) is 5.51. The van der Waals surface area contributed by atoms with Gasteiger partial charge in [-0.15, -0.1) is 0 Å². The molecule has 30 heavy (non-hydrogen) atoms. The number of carboxylic acids is 1. The van der Waals surface area contributed by atoms with Gasteiger partial charge in [0.2, 0.25) is 5.91 Å². The number of hydrogen-bond donors (Lipinski definition) is 3. The molecular weight excluding hydrogens is 386 g/mol. The number of rotatable bonds is 7. The van der Waals surface area contributed by atoms with Crippen LogP contribution in [0.1, 0.15) is 55.6 Å². The second-order valence-corrected chi connectivity index (χ2v) is 7.64. The van der Waals surface area contributed by atoms with Gasteiger partial charge in [-0.25, -0.2) is 4.79 Å². The van der Waals surface area contributed by atoms with E-state index in [1.807, 2.05) is 13.0 Å². The molecule has 0 radical (unpaired) electrons. The monoisotopic (exact) mass is 415 g/mol. The number of carbonyl (C=O) groups excluding carboxylic acids is 1. The first-order valence-corrected chi connectivity index (χ1v) is 10.3. The zero-order valence-electron chi connectivity index (χ0n) is 17.6. The Morgan fingerprint density at radius 1 is 1.30 bits per heavy atom. The van der Waals surface area contributed by atoms with Crippen LogP contribution < -0.4 is 15.8 Å². The van der Waals surface area contributed by atoms with E-state index >= 15 is 0 Å². The fourth-order valence-corrected chi connectivity index (χ4v) is 3.96. The molecule has 0 bridgehead atoms. The number of aryl methyl sites for hydroxylation is 1. The zero-order chi connectivity index (χ0) is 21.8. The second kappa shape index (κ2) is 9.30. The Labute approximate surface area is 175 Å². The van der Waals surface area contributed by atoms with Crippen molar-refractivity contribution in [3.63, 3.8) is 0 Å². The van der Waals surface area contributed by atoms with Crippen LogP contribution in [0.25, 0.3) is 10.9 Å². The number of nitrogens with zero attached hydrogens (tertiary/aromatic N) is 1. The van der Waals surface area contributed by atoms with Gasteiger partial charge < -0.3 is 25.6 Å². The maximum absolute atomic E-state index is 12.1. The molecule has 1 aromatic carbocycles. The van der Waals surface area contributed by atoms with E-state index in [1.54, 1.807) is 26.0 Å². The summed E-state index contributed by atoms with van der Waals surface area (Å²) in [6, 6.07) is 5.51. The van der Waals surface area contributed by atoms with Crippen molar-refractivity contribution in [3.8, 4) is 5.75 Å². The number of aromatic carboxylic acids is 1. The molecule has 3 rings (SSSR count). The highest BCUT2D eigenvalue weighted by atomic mass is 16.5. The highest BCUT2D eigenvalue weighted by Crippen LogP contribution is 2.35. The van der Waals surface area contributed by atoms with E-state index in [1.165, 1.54) is 0 Å². The summed E-state index contributed by atoms with van der Waals surface area (Å²) in [5.74, 6) is -0.658. The number of pyridine rings is 1. The molecule has 1 atom stereocenters. The van der Waals surface area contributed by atoms with Gasteiger partial charge in [0, 0.05) is 12.6 Å². The van der Waals surface area contributed by atoms with Crippen molar-refractivity contribution in [2.75, 3.05) is 12.3 Å². The summed E-state index contributed by atoms with van der Waals surface area (Å²) in [4.78, 5) is 28.1. The number of fused-ring (bicyclic) bond motifs is 1. The van der Waals surface area contributed by atoms with Gasteiger partial charge in [0.1, 0.15) is 17.4 Å². The first-order valence-electron chi connectivity index (χ1n) is 10.3. The summed E-state index contributed by atoms with van der Waals surface area (Å²) >= 11 is 0.